The molecule has 1 aromatic rings. The van der Waals surface area contributed by atoms with Gasteiger partial charge in [-0.1, -0.05) is 11.6 Å². The van der Waals surface area contributed by atoms with Gasteiger partial charge < -0.3 is 0 Å². The van der Waals surface area contributed by atoms with E-state index in [-0.39, 0.29) is 16.5 Å². The van der Waals surface area contributed by atoms with Crippen LogP contribution in [0.5, 0.6) is 0 Å². The molecule has 0 aliphatic heterocycles. The Morgan fingerprint density at radius 2 is 1.57 bits per heavy atom. The molecule has 0 heterocycles. The number of ketones is 1. The zero-order valence-electron chi connectivity index (χ0n) is 12.9. The van der Waals surface area contributed by atoms with E-state index in [2.05, 4.69) is 9.39 Å². The van der Waals surface area contributed by atoms with E-state index in [0.717, 1.165) is 0 Å². The lowest BCUT2D eigenvalue weighted by Crippen LogP contribution is -2.13. The van der Waals surface area contributed by atoms with E-state index in [9.17, 15) is 13.2 Å². The van der Waals surface area contributed by atoms with Crippen molar-refractivity contribution in [2.45, 2.75) is 25.7 Å². The summed E-state index contributed by atoms with van der Waals surface area (Å²) in [6, 6.07) is 5.74. The molecule has 0 bridgehead atoms. The SMILES string of the molecule is CC1=CC(=O)C=C(C)C1=NC(C)=NS(=O)(=O)c1ccc(Cl)cc1. The number of hydrogen-bond acceptors (Lipinski definition) is 3. The van der Waals surface area contributed by atoms with Gasteiger partial charge >= 0.3 is 0 Å². The Balaban J connectivity index is 2.38. The molecule has 1 aromatic carbocycles. The number of carbonyl (C=O) groups is 1. The molecule has 0 N–H and O–H groups in total. The van der Waals surface area contributed by atoms with Crippen molar-refractivity contribution in [3.63, 3.8) is 0 Å². The third kappa shape index (κ3) is 4.24. The van der Waals surface area contributed by atoms with E-state index in [1.54, 1.807) is 13.8 Å². The quantitative estimate of drug-likeness (QED) is 0.466. The van der Waals surface area contributed by atoms with Gasteiger partial charge in [0, 0.05) is 5.02 Å². The molecule has 1 aliphatic carbocycles. The smallest absolute Gasteiger partial charge is 0.283 e. The number of hydrogen-bond donors (Lipinski definition) is 0. The molecule has 0 atom stereocenters. The van der Waals surface area contributed by atoms with Crippen molar-refractivity contribution in [1.29, 1.82) is 0 Å². The number of benzene rings is 1. The molecule has 120 valence electrons. The van der Waals surface area contributed by atoms with Crippen molar-refractivity contribution in [3.8, 4) is 0 Å². The molecule has 1 aliphatic rings. The summed E-state index contributed by atoms with van der Waals surface area (Å²) < 4.78 is 28.2. The highest BCUT2D eigenvalue weighted by Gasteiger charge is 2.16. The van der Waals surface area contributed by atoms with Crippen LogP contribution in [-0.2, 0) is 14.8 Å². The summed E-state index contributed by atoms with van der Waals surface area (Å²) in [6.07, 6.45) is 2.90. The van der Waals surface area contributed by atoms with Crippen LogP contribution in [0.25, 0.3) is 0 Å². The zero-order valence-corrected chi connectivity index (χ0v) is 14.4. The van der Waals surface area contributed by atoms with Crippen LogP contribution in [0.3, 0.4) is 0 Å². The number of amidine groups is 1. The first-order valence-electron chi connectivity index (χ1n) is 6.76. The summed E-state index contributed by atoms with van der Waals surface area (Å²) in [4.78, 5) is 15.7. The molecule has 0 unspecified atom stereocenters. The largest absolute Gasteiger partial charge is 0.290 e. The van der Waals surface area contributed by atoms with Crippen LogP contribution in [0.4, 0.5) is 0 Å². The first-order valence-corrected chi connectivity index (χ1v) is 8.58. The Kier molecular flexibility index (Phi) is 4.97. The molecule has 0 fully saturated rings. The molecule has 0 amide bonds. The summed E-state index contributed by atoms with van der Waals surface area (Å²) in [5.74, 6) is -0.0212. The fourth-order valence-corrected chi connectivity index (χ4v) is 3.21. The Hall–Kier alpha value is -2.05. The summed E-state index contributed by atoms with van der Waals surface area (Å²) >= 11 is 5.75. The lowest BCUT2D eigenvalue weighted by Gasteiger charge is -2.11. The van der Waals surface area contributed by atoms with Gasteiger partial charge in [-0.25, -0.2) is 4.99 Å². The summed E-state index contributed by atoms with van der Waals surface area (Å²) in [5, 5.41) is 0.443. The highest BCUT2D eigenvalue weighted by molar-refractivity contribution is 7.90. The lowest BCUT2D eigenvalue weighted by molar-refractivity contribution is -0.110. The molecular formula is C16H15ClN2O3S. The summed E-state index contributed by atoms with van der Waals surface area (Å²) in [6.45, 7) is 4.99. The maximum atomic E-state index is 12.2. The van der Waals surface area contributed by atoms with Crippen LogP contribution < -0.4 is 0 Å². The molecular weight excluding hydrogens is 336 g/mol. The lowest BCUT2D eigenvalue weighted by atomic mass is 9.97. The monoisotopic (exact) mass is 350 g/mol. The average Bonchev–Trinajstić information content (AvgIpc) is 2.42. The second kappa shape index (κ2) is 6.60. The fraction of sp³-hybridized carbons (Fsp3) is 0.188. The molecule has 0 spiro atoms. The second-order valence-corrected chi connectivity index (χ2v) is 7.13. The Labute approximate surface area is 140 Å². The van der Waals surface area contributed by atoms with Gasteiger partial charge in [0.1, 0.15) is 5.84 Å². The van der Waals surface area contributed by atoms with Crippen LogP contribution in [0, 0.1) is 0 Å². The number of sulfonamides is 1. The molecule has 5 nitrogen and oxygen atoms in total. The molecule has 0 radical (unpaired) electrons. The van der Waals surface area contributed by atoms with Crippen molar-refractivity contribution >= 4 is 39.0 Å². The van der Waals surface area contributed by atoms with Crippen molar-refractivity contribution in [1.82, 2.24) is 0 Å². The van der Waals surface area contributed by atoms with E-state index in [1.165, 1.54) is 43.3 Å². The van der Waals surface area contributed by atoms with Gasteiger partial charge in [-0.15, -0.1) is 4.40 Å². The number of halogens is 1. The van der Waals surface area contributed by atoms with Gasteiger partial charge in [-0.05, 0) is 68.3 Å². The topological polar surface area (TPSA) is 75.9 Å². The second-order valence-electron chi connectivity index (χ2n) is 5.08. The minimum Gasteiger partial charge on any atom is -0.290 e. The third-order valence-corrected chi connectivity index (χ3v) is 4.73. The molecule has 7 heteroatoms. The molecule has 0 saturated carbocycles. The molecule has 0 saturated heterocycles. The molecule has 23 heavy (non-hydrogen) atoms. The maximum absolute atomic E-state index is 12.2. The standard InChI is InChI=1S/C16H15ClN2O3S/c1-10-8-14(20)9-11(2)16(10)18-12(3)19-23(21,22)15-6-4-13(17)5-7-15/h4-9H,1-3H3. The first-order chi connectivity index (χ1) is 10.7. The van der Waals surface area contributed by atoms with E-state index < -0.39 is 10.0 Å². The Bertz CT molecular complexity index is 852. The number of allylic oxidation sites excluding steroid dienone is 4. The van der Waals surface area contributed by atoms with Crippen LogP contribution >= 0.6 is 11.6 Å². The minimum absolute atomic E-state index is 0.0415. The van der Waals surface area contributed by atoms with E-state index in [4.69, 9.17) is 11.6 Å². The van der Waals surface area contributed by atoms with Gasteiger partial charge in [-0.2, -0.15) is 8.42 Å². The summed E-state index contributed by atoms with van der Waals surface area (Å²) in [5.41, 5.74) is 1.90. The van der Waals surface area contributed by atoms with Crippen molar-refractivity contribution < 1.29 is 13.2 Å². The first kappa shape index (κ1) is 17.3. The Morgan fingerprint density at radius 1 is 1.04 bits per heavy atom. The third-order valence-electron chi connectivity index (χ3n) is 3.10. The van der Waals surface area contributed by atoms with Crippen molar-refractivity contribution in [2.75, 3.05) is 0 Å². The number of carbonyl (C=O) groups excluding carboxylic acids is 1. The number of nitrogens with zero attached hydrogens (tertiary/aromatic N) is 2. The summed E-state index contributed by atoms with van der Waals surface area (Å²) in [7, 11) is -3.86. The van der Waals surface area contributed by atoms with E-state index in [1.807, 2.05) is 0 Å². The van der Waals surface area contributed by atoms with Crippen LogP contribution in [-0.4, -0.2) is 25.7 Å². The number of aliphatic imine (C=N–C) groups is 1. The van der Waals surface area contributed by atoms with Crippen LogP contribution in [0.1, 0.15) is 20.8 Å². The van der Waals surface area contributed by atoms with Gasteiger partial charge in [0.15, 0.2) is 5.78 Å². The average molecular weight is 351 g/mol. The van der Waals surface area contributed by atoms with Gasteiger partial charge in [0.2, 0.25) is 0 Å². The normalized spacial score (nSPS) is 16.1. The van der Waals surface area contributed by atoms with Crippen LogP contribution in [0.15, 0.2) is 61.8 Å². The minimum atomic E-state index is -3.86. The van der Waals surface area contributed by atoms with E-state index in [0.29, 0.717) is 21.9 Å². The predicted octanol–water partition coefficient (Wildman–Crippen LogP) is 3.36. The van der Waals surface area contributed by atoms with Crippen molar-refractivity contribution in [3.05, 3.63) is 52.6 Å². The van der Waals surface area contributed by atoms with Gasteiger partial charge in [-0.3, -0.25) is 4.79 Å². The highest BCUT2D eigenvalue weighted by atomic mass is 35.5. The van der Waals surface area contributed by atoms with Crippen molar-refractivity contribution in [2.24, 2.45) is 9.39 Å². The predicted molar refractivity (Wildman–Crippen MR) is 91.7 cm³/mol. The zero-order chi connectivity index (χ0) is 17.2. The van der Waals surface area contributed by atoms with Crippen LogP contribution in [0.2, 0.25) is 5.02 Å². The molecule has 0 aromatic heterocycles. The Morgan fingerprint density at radius 3 is 2.09 bits per heavy atom. The van der Waals surface area contributed by atoms with E-state index >= 15 is 0 Å². The van der Waals surface area contributed by atoms with Gasteiger partial charge in [0.05, 0.1) is 10.6 Å². The molecule has 2 rings (SSSR count). The van der Waals surface area contributed by atoms with Gasteiger partial charge in [0.25, 0.3) is 10.0 Å². The fourth-order valence-electron chi connectivity index (χ4n) is 2.11. The number of rotatable bonds is 2. The maximum Gasteiger partial charge on any atom is 0.283 e. The highest BCUT2D eigenvalue weighted by Crippen LogP contribution is 2.18.